The van der Waals surface area contributed by atoms with E-state index in [1.807, 2.05) is 37.3 Å². The van der Waals surface area contributed by atoms with Gasteiger partial charge in [0.25, 0.3) is 5.91 Å². The normalized spacial score (nSPS) is 31.5. The van der Waals surface area contributed by atoms with Crippen molar-refractivity contribution in [3.8, 4) is 0 Å². The fourth-order valence-electron chi connectivity index (χ4n) is 6.04. The first kappa shape index (κ1) is 21.5. The first-order chi connectivity index (χ1) is 15.7. The molecule has 2 aliphatic carbocycles. The molecule has 1 aromatic carbocycles. The molecule has 1 amide bonds. The number of furan rings is 1. The van der Waals surface area contributed by atoms with Crippen molar-refractivity contribution < 1.29 is 23.8 Å². The minimum Gasteiger partial charge on any atom is -0.464 e. The zero-order valence-corrected chi connectivity index (χ0v) is 18.7. The van der Waals surface area contributed by atoms with Gasteiger partial charge in [0.15, 0.2) is 5.76 Å². The third-order valence-corrected chi connectivity index (χ3v) is 7.56. The van der Waals surface area contributed by atoms with E-state index in [2.05, 4.69) is 5.32 Å². The third kappa shape index (κ3) is 4.06. The Morgan fingerprint density at radius 1 is 1.25 bits per heavy atom. The number of hydrogen-bond donors (Lipinski definition) is 2. The molecular weight excluding hydrogens is 406 g/mol. The molecule has 1 aromatic heterocycles. The molecule has 1 aliphatic heterocycles. The van der Waals surface area contributed by atoms with Crippen LogP contribution in [0.15, 0.2) is 46.8 Å². The van der Waals surface area contributed by atoms with E-state index in [1.165, 1.54) is 19.3 Å². The summed E-state index contributed by atoms with van der Waals surface area (Å²) in [7, 11) is 0. The molecule has 5 rings (SSSR count). The first-order valence-electron chi connectivity index (χ1n) is 12.1. The van der Waals surface area contributed by atoms with Gasteiger partial charge in [0.2, 0.25) is 6.29 Å². The van der Waals surface area contributed by atoms with Crippen molar-refractivity contribution in [2.24, 2.45) is 17.8 Å². The molecule has 2 N–H and O–H groups in total. The number of amides is 1. The van der Waals surface area contributed by atoms with Gasteiger partial charge in [-0.15, -0.1) is 0 Å². The van der Waals surface area contributed by atoms with Crippen molar-refractivity contribution in [2.75, 3.05) is 13.2 Å². The monoisotopic (exact) mass is 439 g/mol. The number of hydrogen-bond acceptors (Lipinski definition) is 5. The van der Waals surface area contributed by atoms with Gasteiger partial charge in [-0.1, -0.05) is 24.6 Å². The lowest BCUT2D eigenvalue weighted by atomic mass is 9.80. The lowest BCUT2D eigenvalue weighted by Crippen LogP contribution is -2.43. The summed E-state index contributed by atoms with van der Waals surface area (Å²) in [5.41, 5.74) is 1.85. The van der Waals surface area contributed by atoms with Gasteiger partial charge >= 0.3 is 0 Å². The van der Waals surface area contributed by atoms with Gasteiger partial charge in [-0.2, -0.15) is 0 Å². The second kappa shape index (κ2) is 9.28. The highest BCUT2D eigenvalue weighted by atomic mass is 16.7. The lowest BCUT2D eigenvalue weighted by molar-refractivity contribution is -0.166. The largest absolute Gasteiger partial charge is 0.464 e. The quantitative estimate of drug-likeness (QED) is 0.634. The number of ether oxygens (including phenoxy) is 2. The third-order valence-electron chi connectivity index (χ3n) is 7.56. The Kier molecular flexibility index (Phi) is 6.24. The van der Waals surface area contributed by atoms with Crippen molar-refractivity contribution in [3.63, 3.8) is 0 Å². The highest BCUT2D eigenvalue weighted by Crippen LogP contribution is 2.45. The van der Waals surface area contributed by atoms with Crippen LogP contribution in [0.1, 0.15) is 56.9 Å². The Hall–Kier alpha value is -2.31. The van der Waals surface area contributed by atoms with E-state index in [0.717, 1.165) is 35.3 Å². The molecule has 2 heterocycles. The summed E-state index contributed by atoms with van der Waals surface area (Å²) in [6.07, 6.45) is 9.38. The number of allylic oxidation sites excluding steroid dienone is 1. The summed E-state index contributed by atoms with van der Waals surface area (Å²) in [5.74, 6) is 1.42. The predicted octanol–water partition coefficient (Wildman–Crippen LogP) is 4.49. The van der Waals surface area contributed by atoms with E-state index < -0.39 is 6.29 Å². The van der Waals surface area contributed by atoms with Gasteiger partial charge in [-0.05, 0) is 63.0 Å². The van der Waals surface area contributed by atoms with Gasteiger partial charge in [0.05, 0.1) is 6.26 Å². The highest BCUT2D eigenvalue weighted by Gasteiger charge is 2.42. The van der Waals surface area contributed by atoms with Gasteiger partial charge in [-0.3, -0.25) is 4.79 Å². The van der Waals surface area contributed by atoms with Crippen LogP contribution in [0.5, 0.6) is 0 Å². The average Bonchev–Trinajstić information content (AvgIpc) is 3.53. The molecule has 2 aromatic rings. The molecule has 2 fully saturated rings. The van der Waals surface area contributed by atoms with E-state index >= 15 is 0 Å². The van der Waals surface area contributed by atoms with Crippen molar-refractivity contribution in [3.05, 3.63) is 47.9 Å². The van der Waals surface area contributed by atoms with Crippen LogP contribution in [-0.4, -0.2) is 36.6 Å². The second-order valence-electron chi connectivity index (χ2n) is 9.47. The number of nitrogens with one attached hydrogen (secondary N) is 1. The smallest absolute Gasteiger partial charge is 0.286 e. The zero-order valence-electron chi connectivity index (χ0n) is 18.7. The number of fused-ring (bicyclic) bond motifs is 3. The molecule has 0 radical (unpaired) electrons. The van der Waals surface area contributed by atoms with Crippen molar-refractivity contribution >= 4 is 16.9 Å². The molecule has 6 heteroatoms. The summed E-state index contributed by atoms with van der Waals surface area (Å²) >= 11 is 0. The maximum absolute atomic E-state index is 13.3. The van der Waals surface area contributed by atoms with Crippen LogP contribution in [0.25, 0.3) is 11.0 Å². The summed E-state index contributed by atoms with van der Waals surface area (Å²) < 4.78 is 17.9. The highest BCUT2D eigenvalue weighted by molar-refractivity contribution is 5.92. The molecule has 3 unspecified atom stereocenters. The van der Waals surface area contributed by atoms with Crippen molar-refractivity contribution in [2.45, 2.75) is 63.7 Å². The number of aliphatic hydroxyl groups excluding tert-OH is 1. The van der Waals surface area contributed by atoms with Crippen molar-refractivity contribution in [1.29, 1.82) is 0 Å². The van der Waals surface area contributed by atoms with Crippen LogP contribution >= 0.6 is 0 Å². The molecule has 172 valence electrons. The standard InChI is InChI=1S/C26H33NO5/c1-2-30-26-19(7-5-11-28)20(21-15-31-23-8-4-3-6-18(21)23)14-24(32-26)25(29)27-22-13-16-9-10-17(22)12-16/h3-4,6,8,14-17,19-20,22,26,28H,2,5,7,9-13H2,1H3,(H,27,29)/t16?,17?,19-,20-,22?,26+/m0/s1. The number of benzene rings is 1. The Balaban J connectivity index is 1.46. The van der Waals surface area contributed by atoms with E-state index in [1.54, 1.807) is 6.26 Å². The number of aliphatic hydroxyl groups is 1. The molecule has 32 heavy (non-hydrogen) atoms. The Labute approximate surface area is 189 Å². The summed E-state index contributed by atoms with van der Waals surface area (Å²) in [6.45, 7) is 2.53. The topological polar surface area (TPSA) is 80.9 Å². The molecule has 0 saturated heterocycles. The van der Waals surface area contributed by atoms with Gasteiger partial charge in [-0.25, -0.2) is 0 Å². The number of carbonyl (C=O) groups excluding carboxylic acids is 1. The van der Waals surface area contributed by atoms with Crippen LogP contribution < -0.4 is 5.32 Å². The summed E-state index contributed by atoms with van der Waals surface area (Å²) in [5, 5.41) is 13.8. The second-order valence-corrected chi connectivity index (χ2v) is 9.47. The summed E-state index contributed by atoms with van der Waals surface area (Å²) in [6, 6.07) is 8.20. The zero-order chi connectivity index (χ0) is 22.1. The molecule has 6 nitrogen and oxygen atoms in total. The molecular formula is C26H33NO5. The Morgan fingerprint density at radius 2 is 2.12 bits per heavy atom. The maximum atomic E-state index is 13.3. The van der Waals surface area contributed by atoms with E-state index in [-0.39, 0.29) is 30.4 Å². The lowest BCUT2D eigenvalue weighted by Gasteiger charge is -2.37. The predicted molar refractivity (Wildman–Crippen MR) is 121 cm³/mol. The number of carbonyl (C=O) groups is 1. The molecule has 6 atom stereocenters. The minimum atomic E-state index is -0.545. The van der Waals surface area contributed by atoms with Crippen LogP contribution in [0.2, 0.25) is 0 Å². The van der Waals surface area contributed by atoms with Crippen LogP contribution in [-0.2, 0) is 14.3 Å². The van der Waals surface area contributed by atoms with E-state index in [4.69, 9.17) is 13.9 Å². The Bertz CT molecular complexity index is 982. The summed E-state index contributed by atoms with van der Waals surface area (Å²) in [4.78, 5) is 13.3. The van der Waals surface area contributed by atoms with Gasteiger partial charge in [0, 0.05) is 42.0 Å². The average molecular weight is 440 g/mol. The molecule has 3 aliphatic rings. The maximum Gasteiger partial charge on any atom is 0.286 e. The van der Waals surface area contributed by atoms with E-state index in [9.17, 15) is 9.90 Å². The van der Waals surface area contributed by atoms with Gasteiger partial charge in [0.1, 0.15) is 5.58 Å². The van der Waals surface area contributed by atoms with Crippen LogP contribution in [0.3, 0.4) is 0 Å². The van der Waals surface area contributed by atoms with Crippen LogP contribution in [0.4, 0.5) is 0 Å². The van der Waals surface area contributed by atoms with E-state index in [0.29, 0.717) is 24.7 Å². The molecule has 2 saturated carbocycles. The van der Waals surface area contributed by atoms with Crippen LogP contribution in [0, 0.1) is 17.8 Å². The number of rotatable bonds is 8. The Morgan fingerprint density at radius 3 is 2.88 bits per heavy atom. The SMILES string of the molecule is CCO[C@@H]1OC(C(=O)NC2CC3CCC2C3)=C[C@H](c2coc3ccccc23)[C@@H]1CCCO. The number of para-hydroxylation sites is 1. The fraction of sp³-hybridized carbons (Fsp3) is 0.577. The van der Waals surface area contributed by atoms with Crippen molar-refractivity contribution in [1.82, 2.24) is 5.32 Å². The van der Waals surface area contributed by atoms with Gasteiger partial charge < -0.3 is 24.3 Å². The molecule has 0 spiro atoms. The molecule has 2 bridgehead atoms. The fourth-order valence-corrected chi connectivity index (χ4v) is 6.04. The first-order valence-corrected chi connectivity index (χ1v) is 12.1. The minimum absolute atomic E-state index is 0.0258.